The molecule has 28 heavy (non-hydrogen) atoms. The Morgan fingerprint density at radius 2 is 1.11 bits per heavy atom. The van der Waals surface area contributed by atoms with Gasteiger partial charge in [-0.05, 0) is 6.42 Å². The number of aliphatic hydroxyl groups is 4. The van der Waals surface area contributed by atoms with Crippen molar-refractivity contribution in [3.8, 4) is 0 Å². The molecule has 0 aliphatic heterocycles. The normalized spacial score (nSPS) is 11.9. The van der Waals surface area contributed by atoms with Gasteiger partial charge in [-0.2, -0.15) is 0 Å². The molecule has 0 aromatic rings. The first-order valence-corrected chi connectivity index (χ1v) is 8.16. The number of carboxylic acid groups (broad SMARTS) is 3. The van der Waals surface area contributed by atoms with Crippen molar-refractivity contribution < 1.29 is 50.1 Å². The average molecular weight is 408 g/mol. The zero-order chi connectivity index (χ0) is 23.1. The molecule has 1 unspecified atom stereocenters. The second kappa shape index (κ2) is 24.5. The summed E-state index contributed by atoms with van der Waals surface area (Å²) in [6.07, 6.45) is 2.43. The highest BCUT2D eigenvalue weighted by molar-refractivity contribution is 5.79. The quantitative estimate of drug-likeness (QED) is 0.197. The van der Waals surface area contributed by atoms with Gasteiger partial charge in [0.15, 0.2) is 0 Å². The fraction of sp³-hybridized carbons (Fsp3) is 0.500. The predicted octanol–water partition coefficient (Wildman–Crippen LogP) is 0.413. The molecule has 0 bridgehead atoms. The van der Waals surface area contributed by atoms with E-state index in [-0.39, 0.29) is 0 Å². The van der Waals surface area contributed by atoms with Crippen molar-refractivity contribution in [2.75, 3.05) is 6.61 Å². The van der Waals surface area contributed by atoms with Crippen LogP contribution in [0.5, 0.6) is 0 Å². The first kappa shape index (κ1) is 33.1. The van der Waals surface area contributed by atoms with E-state index in [1.165, 1.54) is 0 Å². The number of hydrogen-bond donors (Lipinski definition) is 7. The Morgan fingerprint density at radius 3 is 1.32 bits per heavy atom. The van der Waals surface area contributed by atoms with Crippen LogP contribution in [0.2, 0.25) is 0 Å². The van der Waals surface area contributed by atoms with Gasteiger partial charge in [-0.1, -0.05) is 45.9 Å². The van der Waals surface area contributed by atoms with Crippen LogP contribution in [-0.4, -0.2) is 78.6 Å². The number of unbranched alkanes of at least 4 members (excludes halogenated alkanes) is 2. The third-order valence-corrected chi connectivity index (χ3v) is 2.60. The van der Waals surface area contributed by atoms with Crippen LogP contribution in [0.15, 0.2) is 38.0 Å². The van der Waals surface area contributed by atoms with Crippen LogP contribution < -0.4 is 0 Å². The minimum atomic E-state index is -1.24. The fourth-order valence-corrected chi connectivity index (χ4v) is 1.14. The van der Waals surface area contributed by atoms with Crippen molar-refractivity contribution in [2.24, 2.45) is 0 Å². The highest BCUT2D eigenvalue weighted by Crippen LogP contribution is 2.09. The van der Waals surface area contributed by atoms with Crippen LogP contribution >= 0.6 is 0 Å². The molecule has 0 heterocycles. The van der Waals surface area contributed by atoms with Crippen molar-refractivity contribution in [3.05, 3.63) is 38.0 Å². The van der Waals surface area contributed by atoms with Gasteiger partial charge < -0.3 is 35.7 Å². The molecule has 0 amide bonds. The summed E-state index contributed by atoms with van der Waals surface area (Å²) < 4.78 is 0. The van der Waals surface area contributed by atoms with Gasteiger partial charge in [-0.25, -0.2) is 14.4 Å². The number of carboxylic acids is 3. The summed E-state index contributed by atoms with van der Waals surface area (Å²) in [5.74, 6) is -2.94. The summed E-state index contributed by atoms with van der Waals surface area (Å²) >= 11 is 0. The van der Waals surface area contributed by atoms with Crippen LogP contribution in [0.4, 0.5) is 0 Å². The molecular weight excluding hydrogens is 376 g/mol. The third kappa shape index (κ3) is 34.7. The van der Waals surface area contributed by atoms with Crippen molar-refractivity contribution >= 4 is 17.9 Å². The maximum absolute atomic E-state index is 9.32. The van der Waals surface area contributed by atoms with E-state index in [1.807, 2.05) is 6.92 Å². The molecule has 0 aromatic carbocycles. The Bertz CT molecular complexity index is 405. The summed E-state index contributed by atoms with van der Waals surface area (Å²) in [6.45, 7) is 10.4. The first-order chi connectivity index (χ1) is 12.9. The predicted molar refractivity (Wildman–Crippen MR) is 103 cm³/mol. The molecule has 164 valence electrons. The maximum atomic E-state index is 9.32. The van der Waals surface area contributed by atoms with E-state index in [4.69, 9.17) is 25.5 Å². The Hall–Kier alpha value is -2.53. The molecule has 0 fully saturated rings. The van der Waals surface area contributed by atoms with Crippen LogP contribution in [0, 0.1) is 0 Å². The number of aliphatic hydroxyl groups excluding tert-OH is 4. The van der Waals surface area contributed by atoms with Crippen LogP contribution in [0.3, 0.4) is 0 Å². The molecule has 0 aromatic heterocycles. The van der Waals surface area contributed by atoms with E-state index in [1.54, 1.807) is 0 Å². The molecule has 0 radical (unpaired) electrons. The lowest BCUT2D eigenvalue weighted by atomic mass is 10.0. The molecule has 0 spiro atoms. The molecule has 10 heteroatoms. The van der Waals surface area contributed by atoms with Gasteiger partial charge in [0.1, 0.15) is 12.2 Å². The minimum absolute atomic E-state index is 0.464. The monoisotopic (exact) mass is 408 g/mol. The fourth-order valence-electron chi connectivity index (χ4n) is 1.14. The number of hydrogen-bond acceptors (Lipinski definition) is 7. The number of rotatable bonds is 10. The SMILES string of the molecule is C=CC(=O)O.C=CC(=O)O.C=CC(=O)O.CCCCCC(O)[C@H](O)[C@H](O)CO. The van der Waals surface area contributed by atoms with Crippen molar-refractivity contribution in [3.63, 3.8) is 0 Å². The van der Waals surface area contributed by atoms with Gasteiger partial charge in [0.25, 0.3) is 0 Å². The Balaban J connectivity index is -0.000000159. The third-order valence-electron chi connectivity index (χ3n) is 2.60. The summed E-state index contributed by atoms with van der Waals surface area (Å²) in [4.78, 5) is 27.8. The lowest BCUT2D eigenvalue weighted by molar-refractivity contribution is -0.132. The zero-order valence-corrected chi connectivity index (χ0v) is 16.0. The van der Waals surface area contributed by atoms with E-state index in [9.17, 15) is 24.6 Å². The summed E-state index contributed by atoms with van der Waals surface area (Å²) in [6, 6.07) is 0. The molecule has 0 saturated carbocycles. The average Bonchev–Trinajstić information content (AvgIpc) is 2.67. The zero-order valence-electron chi connectivity index (χ0n) is 16.0. The maximum Gasteiger partial charge on any atom is 0.327 e. The van der Waals surface area contributed by atoms with Crippen molar-refractivity contribution in [1.29, 1.82) is 0 Å². The van der Waals surface area contributed by atoms with Crippen LogP contribution in [0.25, 0.3) is 0 Å². The van der Waals surface area contributed by atoms with Crippen LogP contribution in [-0.2, 0) is 14.4 Å². The number of carbonyl (C=O) groups is 3. The van der Waals surface area contributed by atoms with Crippen molar-refractivity contribution in [1.82, 2.24) is 0 Å². The number of aliphatic carboxylic acids is 3. The van der Waals surface area contributed by atoms with E-state index in [2.05, 4.69) is 19.7 Å². The van der Waals surface area contributed by atoms with Gasteiger partial charge >= 0.3 is 17.9 Å². The van der Waals surface area contributed by atoms with Gasteiger partial charge in [-0.3, -0.25) is 0 Å². The largest absolute Gasteiger partial charge is 0.478 e. The molecule has 0 aliphatic rings. The molecule has 0 aliphatic carbocycles. The van der Waals surface area contributed by atoms with Gasteiger partial charge in [0.2, 0.25) is 0 Å². The molecule has 7 N–H and O–H groups in total. The van der Waals surface area contributed by atoms with Crippen molar-refractivity contribution in [2.45, 2.75) is 50.9 Å². The highest BCUT2D eigenvalue weighted by Gasteiger charge is 2.23. The lowest BCUT2D eigenvalue weighted by Crippen LogP contribution is -2.39. The van der Waals surface area contributed by atoms with Gasteiger partial charge in [-0.15, -0.1) is 0 Å². The summed E-state index contributed by atoms with van der Waals surface area (Å²) in [5.41, 5.74) is 0. The lowest BCUT2D eigenvalue weighted by Gasteiger charge is -2.21. The Labute approximate surface area is 164 Å². The molecule has 10 nitrogen and oxygen atoms in total. The molecule has 0 rings (SSSR count). The standard InChI is InChI=1S/C9H20O4.3C3H4O2/c1-2-3-4-5-7(11)9(13)8(12)6-10;3*1-2-3(4)5/h7-13H,2-6H2,1H3;3*2H,1H2,(H,4,5)/t7?,8-,9+;;;/m1.../s1. The van der Waals surface area contributed by atoms with Gasteiger partial charge in [0, 0.05) is 18.2 Å². The van der Waals surface area contributed by atoms with E-state index in [0.29, 0.717) is 6.42 Å². The van der Waals surface area contributed by atoms with Crippen LogP contribution in [0.1, 0.15) is 32.6 Å². The summed E-state index contributed by atoms with van der Waals surface area (Å²) in [5, 5.41) is 58.9. The second-order valence-corrected chi connectivity index (χ2v) is 4.93. The van der Waals surface area contributed by atoms with E-state index >= 15 is 0 Å². The molecular formula is C18H32O10. The molecule has 0 saturated heterocycles. The molecule has 3 atom stereocenters. The van der Waals surface area contributed by atoms with Gasteiger partial charge in [0.05, 0.1) is 12.7 Å². The smallest absolute Gasteiger partial charge is 0.327 e. The minimum Gasteiger partial charge on any atom is -0.478 e. The topological polar surface area (TPSA) is 193 Å². The highest BCUT2D eigenvalue weighted by atomic mass is 16.4. The van der Waals surface area contributed by atoms with E-state index in [0.717, 1.165) is 37.5 Å². The Kier molecular flexibility index (Phi) is 28.9. The first-order valence-electron chi connectivity index (χ1n) is 8.16. The summed E-state index contributed by atoms with van der Waals surface area (Å²) in [7, 11) is 0. The van der Waals surface area contributed by atoms with E-state index < -0.39 is 42.8 Å². The Morgan fingerprint density at radius 1 is 0.786 bits per heavy atom. The second-order valence-electron chi connectivity index (χ2n) is 4.93.